The summed E-state index contributed by atoms with van der Waals surface area (Å²) in [5.74, 6) is 1.99. The van der Waals surface area contributed by atoms with Gasteiger partial charge in [-0.15, -0.1) is 12.6 Å². The quantitative estimate of drug-likeness (QED) is 0.364. The van der Waals surface area contributed by atoms with E-state index in [2.05, 4.69) is 30.6 Å². The Bertz CT molecular complexity index is 821. The first kappa shape index (κ1) is 20.7. The van der Waals surface area contributed by atoms with Crippen molar-refractivity contribution in [1.82, 2.24) is 4.90 Å². The molecular formula is C23H29NO3S. The van der Waals surface area contributed by atoms with Gasteiger partial charge in [0.2, 0.25) is 0 Å². The number of ketones is 1. The Balaban J connectivity index is 1.39. The van der Waals surface area contributed by atoms with Gasteiger partial charge in [-0.3, -0.25) is 4.79 Å². The number of carbonyl (C=O) groups is 1. The largest absolute Gasteiger partial charge is 0.496 e. The van der Waals surface area contributed by atoms with Crippen molar-refractivity contribution in [1.29, 1.82) is 0 Å². The fourth-order valence-electron chi connectivity index (χ4n) is 3.59. The first-order valence-electron chi connectivity index (χ1n) is 9.91. The standard InChI is InChI=1S/C23H29NO3S/c1-24(13-10-17-7-3-4-9-21(17)26-2)12-6-5-8-20(25)19-15-18-11-14-27-23(18)22(28)16-19/h3-4,7,9,15-16,28H,5-6,8,10-14H2,1-2H3. The lowest BCUT2D eigenvalue weighted by molar-refractivity contribution is 0.0978. The maximum absolute atomic E-state index is 12.5. The van der Waals surface area contributed by atoms with Crippen LogP contribution in [0.5, 0.6) is 11.5 Å². The molecule has 1 aliphatic rings. The Hall–Kier alpha value is -1.98. The van der Waals surface area contributed by atoms with Crippen LogP contribution >= 0.6 is 12.6 Å². The van der Waals surface area contributed by atoms with Crippen LogP contribution in [-0.2, 0) is 12.8 Å². The summed E-state index contributed by atoms with van der Waals surface area (Å²) in [4.78, 5) is 15.6. The number of Topliss-reactive ketones (excluding diaryl/α,β-unsaturated/α-hetero) is 1. The van der Waals surface area contributed by atoms with E-state index in [-0.39, 0.29) is 5.78 Å². The molecule has 5 heteroatoms. The number of fused-ring (bicyclic) bond motifs is 1. The first-order valence-corrected chi connectivity index (χ1v) is 10.4. The zero-order valence-electron chi connectivity index (χ0n) is 16.7. The van der Waals surface area contributed by atoms with Crippen molar-refractivity contribution >= 4 is 18.4 Å². The van der Waals surface area contributed by atoms with Gasteiger partial charge in [0, 0.05) is 29.8 Å². The number of likely N-dealkylation sites (N-methyl/N-ethyl adjacent to an activating group) is 1. The molecule has 0 spiro atoms. The van der Waals surface area contributed by atoms with Gasteiger partial charge in [-0.2, -0.15) is 0 Å². The van der Waals surface area contributed by atoms with Gasteiger partial charge in [0.05, 0.1) is 13.7 Å². The number of hydrogen-bond donors (Lipinski definition) is 1. The number of para-hydroxylation sites is 1. The van der Waals surface area contributed by atoms with Crippen molar-refractivity contribution in [3.05, 3.63) is 53.1 Å². The van der Waals surface area contributed by atoms with E-state index in [1.807, 2.05) is 30.3 Å². The van der Waals surface area contributed by atoms with E-state index in [0.29, 0.717) is 13.0 Å². The number of carbonyl (C=O) groups excluding carboxylic acids is 1. The molecule has 0 amide bonds. The average Bonchev–Trinajstić information content (AvgIpc) is 3.19. The average molecular weight is 400 g/mol. The van der Waals surface area contributed by atoms with Crippen molar-refractivity contribution in [2.75, 3.05) is 33.9 Å². The molecule has 0 radical (unpaired) electrons. The molecule has 2 aromatic carbocycles. The van der Waals surface area contributed by atoms with Gasteiger partial charge >= 0.3 is 0 Å². The second kappa shape index (κ2) is 9.99. The lowest BCUT2D eigenvalue weighted by Gasteiger charge is -2.17. The predicted octanol–water partition coefficient (Wildman–Crippen LogP) is 4.45. The molecule has 1 aliphatic heterocycles. The van der Waals surface area contributed by atoms with E-state index < -0.39 is 0 Å². The van der Waals surface area contributed by atoms with Crippen molar-refractivity contribution in [3.63, 3.8) is 0 Å². The summed E-state index contributed by atoms with van der Waals surface area (Å²) in [6.07, 6.45) is 4.30. The number of thiol groups is 1. The topological polar surface area (TPSA) is 38.8 Å². The highest BCUT2D eigenvalue weighted by Crippen LogP contribution is 2.33. The minimum Gasteiger partial charge on any atom is -0.496 e. The van der Waals surface area contributed by atoms with Crippen LogP contribution in [0.25, 0.3) is 0 Å². The monoisotopic (exact) mass is 399 g/mol. The Kier molecular flexibility index (Phi) is 7.40. The molecule has 0 bridgehead atoms. The lowest BCUT2D eigenvalue weighted by atomic mass is 10.0. The Morgan fingerprint density at radius 3 is 2.86 bits per heavy atom. The Morgan fingerprint density at radius 2 is 2.04 bits per heavy atom. The summed E-state index contributed by atoms with van der Waals surface area (Å²) in [6, 6.07) is 12.0. The molecule has 0 fully saturated rings. The second-order valence-electron chi connectivity index (χ2n) is 7.33. The van der Waals surface area contributed by atoms with Gasteiger partial charge < -0.3 is 14.4 Å². The van der Waals surface area contributed by atoms with Crippen molar-refractivity contribution in [3.8, 4) is 11.5 Å². The molecule has 150 valence electrons. The molecule has 28 heavy (non-hydrogen) atoms. The number of hydrogen-bond acceptors (Lipinski definition) is 5. The van der Waals surface area contributed by atoms with Crippen LogP contribution in [0.4, 0.5) is 0 Å². The van der Waals surface area contributed by atoms with Crippen LogP contribution in [0.15, 0.2) is 41.3 Å². The zero-order valence-corrected chi connectivity index (χ0v) is 17.6. The fourth-order valence-corrected chi connectivity index (χ4v) is 3.94. The van der Waals surface area contributed by atoms with Gasteiger partial charge in [-0.05, 0) is 62.2 Å². The Labute approximate surface area is 173 Å². The lowest BCUT2D eigenvalue weighted by Crippen LogP contribution is -2.22. The number of rotatable bonds is 10. The number of ether oxygens (including phenoxy) is 2. The Morgan fingerprint density at radius 1 is 1.21 bits per heavy atom. The third-order valence-corrected chi connectivity index (χ3v) is 5.57. The zero-order chi connectivity index (χ0) is 19.9. The smallest absolute Gasteiger partial charge is 0.162 e. The normalized spacial score (nSPS) is 12.7. The third-order valence-electron chi connectivity index (χ3n) is 5.24. The van der Waals surface area contributed by atoms with Gasteiger partial charge in [-0.1, -0.05) is 18.2 Å². The molecule has 4 nitrogen and oxygen atoms in total. The molecule has 0 aliphatic carbocycles. The number of benzene rings is 2. The van der Waals surface area contributed by atoms with Crippen molar-refractivity contribution in [2.45, 2.75) is 37.0 Å². The molecule has 2 aromatic rings. The number of methoxy groups -OCH3 is 1. The van der Waals surface area contributed by atoms with Crippen molar-refractivity contribution in [2.24, 2.45) is 0 Å². The van der Waals surface area contributed by atoms with Gasteiger partial charge in [0.1, 0.15) is 11.5 Å². The summed E-state index contributed by atoms with van der Waals surface area (Å²) in [5.41, 5.74) is 3.10. The van der Waals surface area contributed by atoms with E-state index >= 15 is 0 Å². The van der Waals surface area contributed by atoms with Crippen molar-refractivity contribution < 1.29 is 14.3 Å². The van der Waals surface area contributed by atoms with Gasteiger partial charge in [-0.25, -0.2) is 0 Å². The van der Waals surface area contributed by atoms with E-state index in [4.69, 9.17) is 9.47 Å². The van der Waals surface area contributed by atoms with Crippen LogP contribution in [-0.4, -0.2) is 44.5 Å². The third kappa shape index (κ3) is 5.30. The van der Waals surface area contributed by atoms with E-state index in [1.54, 1.807) is 7.11 Å². The van der Waals surface area contributed by atoms with Crippen LogP contribution in [0.1, 0.15) is 40.7 Å². The summed E-state index contributed by atoms with van der Waals surface area (Å²) in [5, 5.41) is 0. The second-order valence-corrected chi connectivity index (χ2v) is 7.81. The SMILES string of the molecule is COc1ccccc1CCN(C)CCCCC(=O)c1cc(S)c2c(c1)CCO2. The minimum atomic E-state index is 0.196. The maximum Gasteiger partial charge on any atom is 0.162 e. The van der Waals surface area contributed by atoms with E-state index in [9.17, 15) is 4.79 Å². The number of nitrogens with zero attached hydrogens (tertiary/aromatic N) is 1. The molecule has 0 saturated carbocycles. The maximum atomic E-state index is 12.5. The molecule has 0 aromatic heterocycles. The predicted molar refractivity (Wildman–Crippen MR) is 115 cm³/mol. The van der Waals surface area contributed by atoms with Crippen LogP contribution < -0.4 is 9.47 Å². The summed E-state index contributed by atoms with van der Waals surface area (Å²) in [6.45, 7) is 2.64. The van der Waals surface area contributed by atoms with Crippen LogP contribution in [0, 0.1) is 0 Å². The molecule has 0 unspecified atom stereocenters. The molecule has 1 heterocycles. The number of unbranched alkanes of at least 4 members (excludes halogenated alkanes) is 1. The van der Waals surface area contributed by atoms with Gasteiger partial charge in [0.15, 0.2) is 5.78 Å². The summed E-state index contributed by atoms with van der Waals surface area (Å²) < 4.78 is 11.0. The molecule has 3 rings (SSSR count). The summed E-state index contributed by atoms with van der Waals surface area (Å²) in [7, 11) is 3.84. The summed E-state index contributed by atoms with van der Waals surface area (Å²) >= 11 is 4.46. The van der Waals surface area contributed by atoms with E-state index in [1.165, 1.54) is 5.56 Å². The minimum absolute atomic E-state index is 0.196. The molecule has 0 saturated heterocycles. The first-order chi connectivity index (χ1) is 13.6. The highest BCUT2D eigenvalue weighted by atomic mass is 32.1. The fraction of sp³-hybridized carbons (Fsp3) is 0.435. The van der Waals surface area contributed by atoms with E-state index in [0.717, 1.165) is 66.3 Å². The molecule has 0 N–H and O–H groups in total. The van der Waals surface area contributed by atoms with Gasteiger partial charge in [0.25, 0.3) is 0 Å². The molecule has 0 atom stereocenters. The molecular weight excluding hydrogens is 370 g/mol. The highest BCUT2D eigenvalue weighted by molar-refractivity contribution is 7.80. The highest BCUT2D eigenvalue weighted by Gasteiger charge is 2.18. The van der Waals surface area contributed by atoms with Crippen LogP contribution in [0.3, 0.4) is 0 Å². The van der Waals surface area contributed by atoms with Crippen LogP contribution in [0.2, 0.25) is 0 Å².